The summed E-state index contributed by atoms with van der Waals surface area (Å²) in [6, 6.07) is 11.5. The van der Waals surface area contributed by atoms with Crippen LogP contribution in [0.5, 0.6) is 5.75 Å². The summed E-state index contributed by atoms with van der Waals surface area (Å²) in [5.74, 6) is -5.05. The molecule has 1 unspecified atom stereocenters. The Bertz CT molecular complexity index is 1560. The van der Waals surface area contributed by atoms with Crippen LogP contribution in [0.25, 0.3) is 0 Å². The molecule has 2 aromatic carbocycles. The molecule has 41 heavy (non-hydrogen) atoms. The second-order valence-electron chi connectivity index (χ2n) is 13.0. The Morgan fingerprint density at radius 3 is 2.22 bits per heavy atom. The zero-order chi connectivity index (χ0) is 30.2. The van der Waals surface area contributed by atoms with Gasteiger partial charge in [0.2, 0.25) is 5.78 Å². The van der Waals surface area contributed by atoms with E-state index >= 15 is 0 Å². The normalized spacial score (nSPS) is 29.4. The fourth-order valence-corrected chi connectivity index (χ4v) is 8.06. The highest BCUT2D eigenvalue weighted by atomic mass is 16.3. The summed E-state index contributed by atoms with van der Waals surface area (Å²) >= 11 is 0. The van der Waals surface area contributed by atoms with Crippen molar-refractivity contribution >= 4 is 17.3 Å². The minimum atomic E-state index is -2.60. The second kappa shape index (κ2) is 9.41. The third-order valence-corrected chi connectivity index (χ3v) is 9.79. The number of ketones is 3. The third kappa shape index (κ3) is 3.92. The molecular formula is C34H38O7. The number of carbonyl (C=O) groups excluding carboxylic acids is 3. The number of hydrogen-bond acceptors (Lipinski definition) is 7. The number of aliphatic hydroxyl groups excluding tert-OH is 2. The van der Waals surface area contributed by atoms with E-state index in [0.29, 0.717) is 12.0 Å². The number of Topliss-reactive ketones (excluding diaryl/α,β-unsaturated/α-hetero) is 3. The van der Waals surface area contributed by atoms with Gasteiger partial charge in [-0.2, -0.15) is 0 Å². The van der Waals surface area contributed by atoms with Crippen molar-refractivity contribution in [3.05, 3.63) is 86.9 Å². The molecular weight excluding hydrogens is 520 g/mol. The zero-order valence-corrected chi connectivity index (χ0v) is 24.5. The number of hydrogen-bond donors (Lipinski definition) is 4. The van der Waals surface area contributed by atoms with Crippen molar-refractivity contribution in [2.75, 3.05) is 0 Å². The van der Waals surface area contributed by atoms with E-state index in [9.17, 15) is 34.8 Å². The molecule has 0 amide bonds. The van der Waals surface area contributed by atoms with E-state index in [0.717, 1.165) is 30.0 Å². The molecule has 216 valence electrons. The van der Waals surface area contributed by atoms with Crippen LogP contribution in [0.3, 0.4) is 0 Å². The first kappa shape index (κ1) is 28.8. The van der Waals surface area contributed by atoms with Gasteiger partial charge in [-0.15, -0.1) is 0 Å². The molecule has 7 nitrogen and oxygen atoms in total. The lowest BCUT2D eigenvalue weighted by Crippen LogP contribution is -2.67. The molecule has 0 spiro atoms. The van der Waals surface area contributed by atoms with Crippen LogP contribution >= 0.6 is 0 Å². The number of carbonyl (C=O) groups is 3. The summed E-state index contributed by atoms with van der Waals surface area (Å²) in [5, 5.41) is 46.0. The van der Waals surface area contributed by atoms with Crippen LogP contribution < -0.4 is 0 Å². The molecule has 4 N–H and O–H groups in total. The fourth-order valence-electron chi connectivity index (χ4n) is 8.06. The molecule has 0 saturated carbocycles. The topological polar surface area (TPSA) is 132 Å². The highest BCUT2D eigenvalue weighted by Gasteiger charge is 2.71. The Kier molecular flexibility index (Phi) is 6.61. The number of rotatable bonds is 5. The number of aryl methyl sites for hydroxylation is 3. The van der Waals surface area contributed by atoms with E-state index in [-0.39, 0.29) is 41.4 Å². The van der Waals surface area contributed by atoms with Gasteiger partial charge >= 0.3 is 0 Å². The van der Waals surface area contributed by atoms with E-state index in [1.54, 1.807) is 6.92 Å². The number of benzene rings is 2. The minimum absolute atomic E-state index is 0.0616. The van der Waals surface area contributed by atoms with Gasteiger partial charge in [0, 0.05) is 22.3 Å². The van der Waals surface area contributed by atoms with Crippen molar-refractivity contribution in [1.29, 1.82) is 0 Å². The van der Waals surface area contributed by atoms with Crippen LogP contribution in [-0.4, -0.2) is 43.4 Å². The predicted octanol–water partition coefficient (Wildman–Crippen LogP) is 5.44. The van der Waals surface area contributed by atoms with Gasteiger partial charge in [0.1, 0.15) is 22.8 Å². The van der Waals surface area contributed by atoms with E-state index in [1.807, 2.05) is 45.9 Å². The molecule has 4 atom stereocenters. The number of allylic oxidation sites excluding steroid dienone is 2. The van der Waals surface area contributed by atoms with Gasteiger partial charge in [-0.3, -0.25) is 14.4 Å². The summed E-state index contributed by atoms with van der Waals surface area (Å²) in [5.41, 5.74) is -1.78. The van der Waals surface area contributed by atoms with Gasteiger partial charge in [-0.05, 0) is 68.2 Å². The van der Waals surface area contributed by atoms with Gasteiger partial charge in [-0.1, -0.05) is 63.6 Å². The van der Waals surface area contributed by atoms with Crippen LogP contribution in [0, 0.1) is 29.6 Å². The Morgan fingerprint density at radius 2 is 1.63 bits per heavy atom. The number of fused-ring (bicyclic) bond motifs is 3. The zero-order valence-electron chi connectivity index (χ0n) is 24.5. The minimum Gasteiger partial charge on any atom is -0.511 e. The fraction of sp³-hybridized carbons (Fsp3) is 0.441. The highest BCUT2D eigenvalue weighted by molar-refractivity contribution is 6.25. The van der Waals surface area contributed by atoms with Gasteiger partial charge in [-0.25, -0.2) is 0 Å². The van der Waals surface area contributed by atoms with Crippen molar-refractivity contribution in [2.45, 2.75) is 72.8 Å². The second-order valence-corrected chi connectivity index (χ2v) is 13.0. The van der Waals surface area contributed by atoms with Crippen LogP contribution in [0.2, 0.25) is 0 Å². The molecule has 7 heteroatoms. The van der Waals surface area contributed by atoms with Crippen LogP contribution in [0.15, 0.2) is 59.1 Å². The van der Waals surface area contributed by atoms with Crippen molar-refractivity contribution in [3.8, 4) is 5.75 Å². The Labute approximate surface area is 240 Å². The lowest BCUT2D eigenvalue weighted by molar-refractivity contribution is -0.171. The molecule has 0 fully saturated rings. The maximum atomic E-state index is 14.1. The monoisotopic (exact) mass is 558 g/mol. The molecule has 5 rings (SSSR count). The molecule has 3 aliphatic rings. The summed E-state index contributed by atoms with van der Waals surface area (Å²) in [6.45, 7) is 10.3. The smallest absolute Gasteiger partial charge is 0.209 e. The molecule has 0 aliphatic heterocycles. The first-order chi connectivity index (χ1) is 19.1. The van der Waals surface area contributed by atoms with E-state index in [4.69, 9.17) is 0 Å². The van der Waals surface area contributed by atoms with Crippen LogP contribution in [-0.2, 0) is 28.9 Å². The lowest BCUT2D eigenvalue weighted by atomic mass is 9.44. The average molecular weight is 559 g/mol. The van der Waals surface area contributed by atoms with Gasteiger partial charge < -0.3 is 20.4 Å². The molecule has 0 bridgehead atoms. The molecule has 2 aromatic rings. The van der Waals surface area contributed by atoms with Crippen molar-refractivity contribution in [2.24, 2.45) is 22.7 Å². The number of phenols is 1. The number of phenolic OH excluding ortho intramolecular Hbond substituents is 1. The van der Waals surface area contributed by atoms with Crippen molar-refractivity contribution in [3.63, 3.8) is 0 Å². The predicted molar refractivity (Wildman–Crippen MR) is 154 cm³/mol. The first-order valence-electron chi connectivity index (χ1n) is 14.2. The highest BCUT2D eigenvalue weighted by Crippen LogP contribution is 2.65. The standard InChI is InChI=1S/C34H38O7/c1-17(2)26-28(37)24(19(4)35)30(39)34(41)31(40)27-29(38)25-22(15-32(27,5)16-33(26,34)6)21(13-14-23(25)36)12-11-20-9-7-18(3)8-10-20/h7-10,13-14,17,26,36-37,40-41H,11-12,15-16H2,1-6H3/t26?,32-,33-,34+/m1/s1. The summed E-state index contributed by atoms with van der Waals surface area (Å²) < 4.78 is 0. The Hall–Kier alpha value is -3.71. The van der Waals surface area contributed by atoms with E-state index < -0.39 is 51.0 Å². The lowest BCUT2D eigenvalue weighted by Gasteiger charge is -2.59. The Morgan fingerprint density at radius 1 is 1.00 bits per heavy atom. The Balaban J connectivity index is 1.68. The van der Waals surface area contributed by atoms with Gasteiger partial charge in [0.15, 0.2) is 17.2 Å². The molecule has 3 aliphatic carbocycles. The number of aromatic hydroxyl groups is 1. The van der Waals surface area contributed by atoms with Crippen LogP contribution in [0.1, 0.15) is 73.7 Å². The van der Waals surface area contributed by atoms with E-state index in [2.05, 4.69) is 12.1 Å². The SMILES string of the molecule is CC(=O)C1=C(O)C(C(C)C)[C@@]2(C)C[C@@]3(C)Cc4c(CCc5ccc(C)cc5)ccc(O)c4C(=O)C3=C(O)[C@@]2(O)C1=O. The first-order valence-corrected chi connectivity index (χ1v) is 14.2. The largest absolute Gasteiger partial charge is 0.511 e. The molecule has 0 saturated heterocycles. The maximum Gasteiger partial charge on any atom is 0.209 e. The summed E-state index contributed by atoms with van der Waals surface area (Å²) in [7, 11) is 0. The van der Waals surface area contributed by atoms with Crippen LogP contribution in [0.4, 0.5) is 0 Å². The van der Waals surface area contributed by atoms with Crippen molar-refractivity contribution in [1.82, 2.24) is 0 Å². The quantitative estimate of drug-likeness (QED) is 0.359. The summed E-state index contributed by atoms with van der Waals surface area (Å²) in [6.07, 6.45) is 1.71. The number of aliphatic hydroxyl groups is 3. The third-order valence-electron chi connectivity index (χ3n) is 9.79. The molecule has 0 radical (unpaired) electrons. The summed E-state index contributed by atoms with van der Waals surface area (Å²) in [4.78, 5) is 40.4. The maximum absolute atomic E-state index is 14.1. The van der Waals surface area contributed by atoms with Gasteiger partial charge in [0.05, 0.1) is 5.56 Å². The van der Waals surface area contributed by atoms with E-state index in [1.165, 1.54) is 6.07 Å². The molecule has 0 aromatic heterocycles. The molecule has 0 heterocycles. The average Bonchev–Trinajstić information content (AvgIpc) is 2.86. The van der Waals surface area contributed by atoms with Crippen molar-refractivity contribution < 1.29 is 34.8 Å². The van der Waals surface area contributed by atoms with Gasteiger partial charge in [0.25, 0.3) is 0 Å².